The summed E-state index contributed by atoms with van der Waals surface area (Å²) in [7, 11) is 0. The first-order chi connectivity index (χ1) is 14.4. The van der Waals surface area contributed by atoms with Crippen molar-refractivity contribution < 1.29 is 19.1 Å². The van der Waals surface area contributed by atoms with Crippen molar-refractivity contribution >= 4 is 57.2 Å². The molecule has 0 spiro atoms. The van der Waals surface area contributed by atoms with Gasteiger partial charge in [0, 0.05) is 27.3 Å². The molecular formula is C20H18BrClN4O4. The smallest absolute Gasteiger partial charge is 0.329 e. The molecule has 30 heavy (non-hydrogen) atoms. The maximum Gasteiger partial charge on any atom is 0.329 e. The summed E-state index contributed by atoms with van der Waals surface area (Å²) in [6, 6.07) is 11.7. The molecule has 0 fully saturated rings. The zero-order valence-electron chi connectivity index (χ0n) is 15.7. The van der Waals surface area contributed by atoms with E-state index in [1.54, 1.807) is 42.5 Å². The number of hydrogen-bond donors (Lipinski definition) is 3. The number of amides is 3. The quantitative estimate of drug-likeness (QED) is 0.227. The lowest BCUT2D eigenvalue weighted by Crippen LogP contribution is -2.37. The Morgan fingerprint density at radius 1 is 1.13 bits per heavy atom. The second-order valence-corrected chi connectivity index (χ2v) is 7.08. The van der Waals surface area contributed by atoms with Crippen LogP contribution in [-0.2, 0) is 14.4 Å². The molecule has 0 heterocycles. The molecule has 0 unspecified atom stereocenters. The van der Waals surface area contributed by atoms with E-state index in [4.69, 9.17) is 16.3 Å². The number of ether oxygens (including phenoxy) is 1. The predicted molar refractivity (Wildman–Crippen MR) is 119 cm³/mol. The fraction of sp³-hybridized carbons (Fsp3) is 0.100. The van der Waals surface area contributed by atoms with Crippen molar-refractivity contribution in [1.29, 1.82) is 0 Å². The molecule has 0 bridgehead atoms. The highest BCUT2D eigenvalue weighted by molar-refractivity contribution is 9.10. The Morgan fingerprint density at radius 2 is 1.87 bits per heavy atom. The van der Waals surface area contributed by atoms with Gasteiger partial charge in [0.15, 0.2) is 6.61 Å². The third-order valence-electron chi connectivity index (χ3n) is 3.44. The third kappa shape index (κ3) is 7.69. The van der Waals surface area contributed by atoms with Crippen molar-refractivity contribution in [2.75, 3.05) is 18.5 Å². The maximum absolute atomic E-state index is 12.1. The van der Waals surface area contributed by atoms with Crippen LogP contribution in [0.15, 0.2) is 64.7 Å². The first kappa shape index (κ1) is 23.1. The highest BCUT2D eigenvalue weighted by atomic mass is 79.9. The van der Waals surface area contributed by atoms with Gasteiger partial charge >= 0.3 is 11.8 Å². The summed E-state index contributed by atoms with van der Waals surface area (Å²) < 4.78 is 6.29. The fourth-order valence-electron chi connectivity index (χ4n) is 2.08. The zero-order chi connectivity index (χ0) is 21.9. The number of carbonyl (C=O) groups excluding carboxylic acids is 3. The highest BCUT2D eigenvalue weighted by Crippen LogP contribution is 2.22. The van der Waals surface area contributed by atoms with Crippen LogP contribution < -0.4 is 20.8 Å². The van der Waals surface area contributed by atoms with E-state index in [9.17, 15) is 14.4 Å². The minimum atomic E-state index is -0.923. The second kappa shape index (κ2) is 11.7. The van der Waals surface area contributed by atoms with Crippen LogP contribution in [0.1, 0.15) is 5.56 Å². The van der Waals surface area contributed by atoms with Crippen LogP contribution in [-0.4, -0.2) is 37.1 Å². The van der Waals surface area contributed by atoms with Gasteiger partial charge in [-0.2, -0.15) is 5.10 Å². The Labute approximate surface area is 186 Å². The molecule has 8 nitrogen and oxygen atoms in total. The normalized spacial score (nSPS) is 10.3. The Balaban J connectivity index is 1.96. The summed E-state index contributed by atoms with van der Waals surface area (Å²) in [5.41, 5.74) is 3.18. The number of nitrogens with zero attached hydrogens (tertiary/aromatic N) is 1. The van der Waals surface area contributed by atoms with Crippen LogP contribution in [0, 0.1) is 0 Å². The fourth-order valence-corrected chi connectivity index (χ4v) is 2.59. The standard InChI is InChI=1S/C20H18BrClN4O4/c1-2-9-23-19(28)20(29)26-24-11-13-10-14(21)3-8-17(13)30-12-18(27)25-16-6-4-15(22)5-7-16/h2-8,10-11H,1,9,12H2,(H,23,28)(H,25,27)(H,26,29)/b24-11-. The zero-order valence-corrected chi connectivity index (χ0v) is 18.0. The number of benzene rings is 2. The lowest BCUT2D eigenvalue weighted by atomic mass is 10.2. The Hall–Kier alpha value is -3.17. The van der Waals surface area contributed by atoms with Crippen LogP contribution >= 0.6 is 27.5 Å². The number of hydrogen-bond acceptors (Lipinski definition) is 5. The van der Waals surface area contributed by atoms with Gasteiger partial charge in [0.05, 0.1) is 6.21 Å². The molecule has 2 aromatic rings. The van der Waals surface area contributed by atoms with E-state index in [1.807, 2.05) is 0 Å². The second-order valence-electron chi connectivity index (χ2n) is 5.72. The minimum Gasteiger partial charge on any atom is -0.483 e. The molecule has 0 aromatic heterocycles. The number of anilines is 1. The van der Waals surface area contributed by atoms with E-state index in [2.05, 4.69) is 43.7 Å². The van der Waals surface area contributed by atoms with Crippen molar-refractivity contribution in [3.63, 3.8) is 0 Å². The van der Waals surface area contributed by atoms with Crippen LogP contribution in [0.4, 0.5) is 5.69 Å². The number of hydrazone groups is 1. The summed E-state index contributed by atoms with van der Waals surface area (Å²) >= 11 is 9.15. The van der Waals surface area contributed by atoms with E-state index in [1.165, 1.54) is 12.3 Å². The maximum atomic E-state index is 12.1. The van der Waals surface area contributed by atoms with Gasteiger partial charge in [-0.05, 0) is 42.5 Å². The number of rotatable bonds is 8. The van der Waals surface area contributed by atoms with E-state index in [0.29, 0.717) is 22.0 Å². The average molecular weight is 494 g/mol. The van der Waals surface area contributed by atoms with E-state index in [0.717, 1.165) is 4.47 Å². The van der Waals surface area contributed by atoms with Crippen LogP contribution in [0.3, 0.4) is 0 Å². The van der Waals surface area contributed by atoms with Crippen molar-refractivity contribution in [3.05, 3.63) is 70.2 Å². The van der Waals surface area contributed by atoms with Crippen LogP contribution in [0.25, 0.3) is 0 Å². The van der Waals surface area contributed by atoms with E-state index < -0.39 is 11.8 Å². The van der Waals surface area contributed by atoms with Crippen molar-refractivity contribution in [2.24, 2.45) is 5.10 Å². The van der Waals surface area contributed by atoms with E-state index >= 15 is 0 Å². The summed E-state index contributed by atoms with van der Waals surface area (Å²) in [6.07, 6.45) is 2.75. The molecule has 0 saturated heterocycles. The van der Waals surface area contributed by atoms with Crippen molar-refractivity contribution in [1.82, 2.24) is 10.7 Å². The molecule has 2 rings (SSSR count). The Bertz CT molecular complexity index is 964. The molecule has 0 aliphatic carbocycles. The van der Waals surface area contributed by atoms with Gasteiger partial charge in [-0.15, -0.1) is 6.58 Å². The summed E-state index contributed by atoms with van der Waals surface area (Å²) in [6.45, 7) is 3.36. The molecule has 3 N–H and O–H groups in total. The number of halogens is 2. The molecular weight excluding hydrogens is 476 g/mol. The van der Waals surface area contributed by atoms with Gasteiger partial charge in [-0.3, -0.25) is 14.4 Å². The molecule has 156 valence electrons. The largest absolute Gasteiger partial charge is 0.483 e. The molecule has 0 aliphatic rings. The van der Waals surface area contributed by atoms with Gasteiger partial charge in [-0.1, -0.05) is 33.6 Å². The Kier molecular flexibility index (Phi) is 9.04. The monoisotopic (exact) mass is 492 g/mol. The summed E-state index contributed by atoms with van der Waals surface area (Å²) in [5, 5.41) is 9.33. The average Bonchev–Trinajstić information content (AvgIpc) is 2.73. The van der Waals surface area contributed by atoms with Gasteiger partial charge in [0.1, 0.15) is 5.75 Å². The minimum absolute atomic E-state index is 0.164. The van der Waals surface area contributed by atoms with Crippen molar-refractivity contribution in [2.45, 2.75) is 0 Å². The number of carbonyl (C=O) groups is 3. The molecule has 3 amide bonds. The topological polar surface area (TPSA) is 109 Å². The number of nitrogens with one attached hydrogen (secondary N) is 3. The summed E-state index contributed by atoms with van der Waals surface area (Å²) in [5.74, 6) is -1.77. The molecule has 2 aromatic carbocycles. The highest BCUT2D eigenvalue weighted by Gasteiger charge is 2.11. The molecule has 0 aliphatic heterocycles. The molecule has 0 atom stereocenters. The van der Waals surface area contributed by atoms with Gasteiger partial charge in [0.25, 0.3) is 5.91 Å². The molecule has 0 saturated carbocycles. The third-order valence-corrected chi connectivity index (χ3v) is 4.19. The molecule has 10 heteroatoms. The summed E-state index contributed by atoms with van der Waals surface area (Å²) in [4.78, 5) is 35.2. The lowest BCUT2D eigenvalue weighted by molar-refractivity contribution is -0.139. The predicted octanol–water partition coefficient (Wildman–Crippen LogP) is 2.87. The van der Waals surface area contributed by atoms with Gasteiger partial charge < -0.3 is 15.4 Å². The van der Waals surface area contributed by atoms with Crippen molar-refractivity contribution in [3.8, 4) is 5.75 Å². The first-order valence-corrected chi connectivity index (χ1v) is 9.76. The Morgan fingerprint density at radius 3 is 2.57 bits per heavy atom. The first-order valence-electron chi connectivity index (χ1n) is 8.59. The van der Waals surface area contributed by atoms with E-state index in [-0.39, 0.29) is 19.1 Å². The van der Waals surface area contributed by atoms with Crippen LogP contribution in [0.5, 0.6) is 5.75 Å². The molecule has 0 radical (unpaired) electrons. The van der Waals surface area contributed by atoms with Crippen LogP contribution in [0.2, 0.25) is 5.02 Å². The lowest BCUT2D eigenvalue weighted by Gasteiger charge is -2.10. The van der Waals surface area contributed by atoms with Gasteiger partial charge in [0.2, 0.25) is 0 Å². The SMILES string of the molecule is C=CCNC(=O)C(=O)N/N=C\c1cc(Br)ccc1OCC(=O)Nc1ccc(Cl)cc1. The van der Waals surface area contributed by atoms with Gasteiger partial charge in [-0.25, -0.2) is 5.43 Å².